The van der Waals surface area contributed by atoms with Crippen molar-refractivity contribution < 1.29 is 13.2 Å². The van der Waals surface area contributed by atoms with Gasteiger partial charge in [-0.25, -0.2) is 8.42 Å². The zero-order chi connectivity index (χ0) is 20.2. The fourth-order valence-electron chi connectivity index (χ4n) is 2.96. The standard InChI is InChI=1S/C20H25ClN2O3S/c1-5-18(20(24)22-13-16-9-7-6-8-14(16)2)23(27(4,25)26)19-12-17(21)11-10-15(19)3/h6-12,18H,5,13H2,1-4H3,(H,22,24)/t18-/m0/s1. The Bertz CT molecular complexity index is 929. The van der Waals surface area contributed by atoms with Gasteiger partial charge in [0.05, 0.1) is 11.9 Å². The van der Waals surface area contributed by atoms with E-state index >= 15 is 0 Å². The molecular formula is C20H25ClN2O3S. The van der Waals surface area contributed by atoms with Crippen molar-refractivity contribution in [1.82, 2.24) is 5.32 Å². The van der Waals surface area contributed by atoms with Gasteiger partial charge in [-0.3, -0.25) is 9.10 Å². The monoisotopic (exact) mass is 408 g/mol. The van der Waals surface area contributed by atoms with E-state index in [1.165, 1.54) is 4.31 Å². The summed E-state index contributed by atoms with van der Waals surface area (Å²) in [5, 5.41) is 3.29. The van der Waals surface area contributed by atoms with Gasteiger partial charge < -0.3 is 5.32 Å². The number of sulfonamides is 1. The molecule has 2 rings (SSSR count). The van der Waals surface area contributed by atoms with Crippen LogP contribution in [0, 0.1) is 13.8 Å². The zero-order valence-electron chi connectivity index (χ0n) is 16.0. The van der Waals surface area contributed by atoms with Crippen LogP contribution in [0.15, 0.2) is 42.5 Å². The Morgan fingerprint density at radius 3 is 2.41 bits per heavy atom. The molecule has 1 N–H and O–H groups in total. The van der Waals surface area contributed by atoms with Crippen LogP contribution in [0.4, 0.5) is 5.69 Å². The van der Waals surface area contributed by atoms with Crippen molar-refractivity contribution in [2.45, 2.75) is 39.8 Å². The number of amides is 1. The largest absolute Gasteiger partial charge is 0.350 e. The van der Waals surface area contributed by atoms with E-state index in [9.17, 15) is 13.2 Å². The molecule has 0 radical (unpaired) electrons. The molecule has 0 aliphatic heterocycles. The molecule has 0 fully saturated rings. The SMILES string of the molecule is CC[C@@H](C(=O)NCc1ccccc1C)N(c1cc(Cl)ccc1C)S(C)(=O)=O. The quantitative estimate of drug-likeness (QED) is 0.757. The first kappa shape index (κ1) is 21.3. The lowest BCUT2D eigenvalue weighted by molar-refractivity contribution is -0.122. The normalized spacial score (nSPS) is 12.5. The van der Waals surface area contributed by atoms with Gasteiger partial charge in [-0.05, 0) is 49.1 Å². The van der Waals surface area contributed by atoms with Crippen LogP contribution in [0.25, 0.3) is 0 Å². The van der Waals surface area contributed by atoms with Crippen LogP contribution in [0.3, 0.4) is 0 Å². The number of carbonyl (C=O) groups is 1. The highest BCUT2D eigenvalue weighted by Crippen LogP contribution is 2.29. The smallest absolute Gasteiger partial charge is 0.244 e. The molecule has 0 heterocycles. The number of hydrogen-bond acceptors (Lipinski definition) is 3. The van der Waals surface area contributed by atoms with Crippen LogP contribution in [0.1, 0.15) is 30.0 Å². The molecule has 2 aromatic carbocycles. The van der Waals surface area contributed by atoms with Gasteiger partial charge in [-0.15, -0.1) is 0 Å². The predicted molar refractivity (Wildman–Crippen MR) is 111 cm³/mol. The molecule has 1 atom stereocenters. The molecule has 27 heavy (non-hydrogen) atoms. The van der Waals surface area contributed by atoms with E-state index in [-0.39, 0.29) is 5.91 Å². The van der Waals surface area contributed by atoms with Gasteiger partial charge in [0.1, 0.15) is 6.04 Å². The fourth-order valence-corrected chi connectivity index (χ4v) is 4.39. The Balaban J connectivity index is 2.33. The number of aryl methyl sites for hydroxylation is 2. The molecule has 0 bridgehead atoms. The number of carbonyl (C=O) groups excluding carboxylic acids is 1. The second-order valence-electron chi connectivity index (χ2n) is 6.56. The summed E-state index contributed by atoms with van der Waals surface area (Å²) in [5.41, 5.74) is 3.21. The van der Waals surface area contributed by atoms with E-state index in [1.807, 2.05) is 31.2 Å². The van der Waals surface area contributed by atoms with Crippen molar-refractivity contribution in [1.29, 1.82) is 0 Å². The Morgan fingerprint density at radius 2 is 1.81 bits per heavy atom. The van der Waals surface area contributed by atoms with Gasteiger partial charge in [-0.1, -0.05) is 48.9 Å². The molecule has 1 amide bonds. The molecule has 0 spiro atoms. The summed E-state index contributed by atoms with van der Waals surface area (Å²) >= 11 is 6.08. The third kappa shape index (κ3) is 5.23. The van der Waals surface area contributed by atoms with Crippen molar-refractivity contribution in [2.24, 2.45) is 0 Å². The molecule has 0 saturated heterocycles. The topological polar surface area (TPSA) is 66.5 Å². The lowest BCUT2D eigenvalue weighted by Gasteiger charge is -2.31. The fraction of sp³-hybridized carbons (Fsp3) is 0.350. The number of rotatable bonds is 7. The molecule has 0 aromatic heterocycles. The molecule has 0 unspecified atom stereocenters. The highest BCUT2D eigenvalue weighted by Gasteiger charge is 2.32. The van der Waals surface area contributed by atoms with Crippen LogP contribution in [-0.2, 0) is 21.4 Å². The highest BCUT2D eigenvalue weighted by molar-refractivity contribution is 7.92. The van der Waals surface area contributed by atoms with Crippen LogP contribution in [-0.4, -0.2) is 26.6 Å². The molecule has 146 valence electrons. The van der Waals surface area contributed by atoms with Crippen molar-refractivity contribution in [2.75, 3.05) is 10.6 Å². The number of benzene rings is 2. The number of nitrogens with one attached hydrogen (secondary N) is 1. The highest BCUT2D eigenvalue weighted by atomic mass is 35.5. The minimum atomic E-state index is -3.69. The van der Waals surface area contributed by atoms with Crippen molar-refractivity contribution in [3.63, 3.8) is 0 Å². The average molecular weight is 409 g/mol. The van der Waals surface area contributed by atoms with E-state index in [2.05, 4.69) is 5.32 Å². The first-order valence-electron chi connectivity index (χ1n) is 8.73. The van der Waals surface area contributed by atoms with Crippen LogP contribution >= 0.6 is 11.6 Å². The predicted octanol–water partition coefficient (Wildman–Crippen LogP) is 3.82. The second-order valence-corrected chi connectivity index (χ2v) is 8.85. The Labute approximate surface area is 166 Å². The van der Waals surface area contributed by atoms with E-state index < -0.39 is 16.1 Å². The zero-order valence-corrected chi connectivity index (χ0v) is 17.6. The Hall–Kier alpha value is -2.05. The maximum atomic E-state index is 12.9. The Morgan fingerprint density at radius 1 is 1.15 bits per heavy atom. The molecule has 0 aliphatic rings. The van der Waals surface area contributed by atoms with Gasteiger partial charge >= 0.3 is 0 Å². The summed E-state index contributed by atoms with van der Waals surface area (Å²) in [7, 11) is -3.69. The van der Waals surface area contributed by atoms with Crippen molar-refractivity contribution >= 4 is 33.2 Å². The third-order valence-corrected chi connectivity index (χ3v) is 5.85. The van der Waals surface area contributed by atoms with Gasteiger partial charge in [0, 0.05) is 11.6 Å². The van der Waals surface area contributed by atoms with E-state index in [0.717, 1.165) is 22.9 Å². The third-order valence-electron chi connectivity index (χ3n) is 4.45. The summed E-state index contributed by atoms with van der Waals surface area (Å²) < 4.78 is 26.2. The Kier molecular flexibility index (Phi) is 6.89. The summed E-state index contributed by atoms with van der Waals surface area (Å²) in [5.74, 6) is -0.342. The first-order valence-corrected chi connectivity index (χ1v) is 11.0. The number of halogens is 1. The second kappa shape index (κ2) is 8.76. The van der Waals surface area contributed by atoms with Crippen LogP contribution < -0.4 is 9.62 Å². The molecule has 0 aliphatic carbocycles. The first-order chi connectivity index (χ1) is 12.6. The molecule has 7 heteroatoms. The number of hydrogen-bond donors (Lipinski definition) is 1. The van der Waals surface area contributed by atoms with E-state index in [0.29, 0.717) is 23.7 Å². The van der Waals surface area contributed by atoms with Crippen molar-refractivity contribution in [3.05, 3.63) is 64.2 Å². The van der Waals surface area contributed by atoms with Gasteiger partial charge in [0.2, 0.25) is 15.9 Å². The summed E-state index contributed by atoms with van der Waals surface area (Å²) in [4.78, 5) is 12.9. The van der Waals surface area contributed by atoms with E-state index in [4.69, 9.17) is 11.6 Å². The van der Waals surface area contributed by atoms with Gasteiger partial charge in [-0.2, -0.15) is 0 Å². The lowest BCUT2D eigenvalue weighted by atomic mass is 10.1. The van der Waals surface area contributed by atoms with Crippen LogP contribution in [0.2, 0.25) is 5.02 Å². The maximum Gasteiger partial charge on any atom is 0.244 e. The minimum absolute atomic E-state index is 0.332. The molecule has 2 aromatic rings. The summed E-state index contributed by atoms with van der Waals surface area (Å²) in [6.07, 6.45) is 1.43. The number of nitrogens with zero attached hydrogens (tertiary/aromatic N) is 1. The van der Waals surface area contributed by atoms with E-state index in [1.54, 1.807) is 32.0 Å². The molecule has 5 nitrogen and oxygen atoms in total. The lowest BCUT2D eigenvalue weighted by Crippen LogP contribution is -2.49. The average Bonchev–Trinajstić information content (AvgIpc) is 2.60. The number of anilines is 1. The summed E-state index contributed by atoms with van der Waals surface area (Å²) in [6.45, 7) is 5.89. The van der Waals surface area contributed by atoms with Crippen LogP contribution in [0.5, 0.6) is 0 Å². The summed E-state index contributed by atoms with van der Waals surface area (Å²) in [6, 6.07) is 11.9. The molecular weight excluding hydrogens is 384 g/mol. The van der Waals surface area contributed by atoms with Gasteiger partial charge in [0.25, 0.3) is 0 Å². The van der Waals surface area contributed by atoms with Crippen molar-refractivity contribution in [3.8, 4) is 0 Å². The maximum absolute atomic E-state index is 12.9. The van der Waals surface area contributed by atoms with Gasteiger partial charge in [0.15, 0.2) is 0 Å². The molecule has 0 saturated carbocycles. The minimum Gasteiger partial charge on any atom is -0.350 e.